The minimum Gasteiger partial charge on any atom is -0.336 e. The second-order valence-corrected chi connectivity index (χ2v) is 5.96. The number of pyridine rings is 1. The molecule has 3 aromatic rings. The first-order valence-electron chi connectivity index (χ1n) is 8.52. The first kappa shape index (κ1) is 18.3. The fourth-order valence-electron chi connectivity index (χ4n) is 2.64. The number of carbonyl (C=O) groups is 2. The molecule has 0 saturated heterocycles. The van der Waals surface area contributed by atoms with E-state index in [1.165, 1.54) is 6.20 Å². The molecule has 4 N–H and O–H groups in total. The van der Waals surface area contributed by atoms with Crippen molar-refractivity contribution in [3.8, 4) is 0 Å². The molecule has 0 radical (unpaired) electrons. The monoisotopic (exact) mass is 360 g/mol. The summed E-state index contributed by atoms with van der Waals surface area (Å²) in [6.45, 7) is 0. The van der Waals surface area contributed by atoms with E-state index in [-0.39, 0.29) is 5.91 Å². The van der Waals surface area contributed by atoms with E-state index in [0.717, 1.165) is 5.56 Å². The van der Waals surface area contributed by atoms with Crippen molar-refractivity contribution in [3.05, 3.63) is 102 Å². The van der Waals surface area contributed by atoms with Crippen molar-refractivity contribution in [1.82, 2.24) is 15.6 Å². The Hall–Kier alpha value is -3.51. The van der Waals surface area contributed by atoms with Crippen molar-refractivity contribution in [2.75, 3.05) is 0 Å². The Balaban J connectivity index is 1.79. The molecule has 0 bridgehead atoms. The van der Waals surface area contributed by atoms with Crippen LogP contribution < -0.4 is 16.4 Å². The van der Waals surface area contributed by atoms with Crippen LogP contribution in [0.25, 0.3) is 0 Å². The second-order valence-electron chi connectivity index (χ2n) is 5.96. The number of nitrogens with one attached hydrogen (secondary N) is 2. The maximum absolute atomic E-state index is 12.9. The van der Waals surface area contributed by atoms with Gasteiger partial charge in [-0.2, -0.15) is 0 Å². The molecule has 2 aromatic carbocycles. The van der Waals surface area contributed by atoms with E-state index >= 15 is 0 Å². The molecule has 0 aliphatic carbocycles. The number of hydrogen-bond acceptors (Lipinski definition) is 4. The van der Waals surface area contributed by atoms with E-state index in [9.17, 15) is 9.59 Å². The zero-order chi connectivity index (χ0) is 19.1. The number of benzene rings is 2. The molecular formula is C21H20N4O2. The van der Waals surface area contributed by atoms with Gasteiger partial charge >= 0.3 is 0 Å². The summed E-state index contributed by atoms with van der Waals surface area (Å²) in [4.78, 5) is 29.3. The van der Waals surface area contributed by atoms with Crippen LogP contribution in [0.15, 0.2) is 85.2 Å². The molecule has 0 aliphatic rings. The Morgan fingerprint density at radius 2 is 1.44 bits per heavy atom. The van der Waals surface area contributed by atoms with E-state index in [4.69, 9.17) is 5.73 Å². The quantitative estimate of drug-likeness (QED) is 0.588. The van der Waals surface area contributed by atoms with Gasteiger partial charge in [-0.3, -0.25) is 14.6 Å². The summed E-state index contributed by atoms with van der Waals surface area (Å²) in [7, 11) is 0. The summed E-state index contributed by atoms with van der Waals surface area (Å²) >= 11 is 0. The molecule has 0 spiro atoms. The maximum atomic E-state index is 12.9. The van der Waals surface area contributed by atoms with E-state index in [1.807, 2.05) is 48.5 Å². The molecule has 2 amide bonds. The number of nitrogens with zero attached hydrogens (tertiary/aromatic N) is 1. The number of carbonyl (C=O) groups excluding carboxylic acids is 2. The smallest absolute Gasteiger partial charge is 0.253 e. The third-order valence-corrected chi connectivity index (χ3v) is 4.05. The first-order valence-corrected chi connectivity index (χ1v) is 8.52. The lowest BCUT2D eigenvalue weighted by atomic mass is 10.0. The standard InChI is InChI=1S/C21H20N4O2/c22-19(16-10-5-2-6-11-16)25-21(27)18(15-8-3-1-4-9-15)24-20(26)17-12-7-13-23-14-17/h1-14,18-19H,22H2,(H,24,26)(H,25,27). The molecule has 0 fully saturated rings. The first-order chi connectivity index (χ1) is 13.1. The number of hydrogen-bond donors (Lipinski definition) is 3. The highest BCUT2D eigenvalue weighted by Crippen LogP contribution is 2.16. The fraction of sp³-hybridized carbons (Fsp3) is 0.0952. The summed E-state index contributed by atoms with van der Waals surface area (Å²) in [5.41, 5.74) is 7.91. The van der Waals surface area contributed by atoms with Crippen LogP contribution in [0, 0.1) is 0 Å². The van der Waals surface area contributed by atoms with Gasteiger partial charge in [0.05, 0.1) is 5.56 Å². The summed E-state index contributed by atoms with van der Waals surface area (Å²) in [5, 5.41) is 5.52. The highest BCUT2D eigenvalue weighted by Gasteiger charge is 2.25. The van der Waals surface area contributed by atoms with Gasteiger partial charge in [-0.15, -0.1) is 0 Å². The van der Waals surface area contributed by atoms with Crippen LogP contribution in [-0.2, 0) is 4.79 Å². The number of nitrogens with two attached hydrogens (primary N) is 1. The maximum Gasteiger partial charge on any atom is 0.253 e. The van der Waals surface area contributed by atoms with Gasteiger partial charge in [0, 0.05) is 12.4 Å². The summed E-state index contributed by atoms with van der Waals surface area (Å²) < 4.78 is 0. The third kappa shape index (κ3) is 4.77. The summed E-state index contributed by atoms with van der Waals surface area (Å²) in [6, 6.07) is 20.7. The molecule has 1 heterocycles. The van der Waals surface area contributed by atoms with Gasteiger partial charge in [-0.1, -0.05) is 60.7 Å². The number of rotatable bonds is 6. The Morgan fingerprint density at radius 1 is 0.815 bits per heavy atom. The summed E-state index contributed by atoms with van der Waals surface area (Å²) in [5.74, 6) is -0.782. The summed E-state index contributed by atoms with van der Waals surface area (Å²) in [6.07, 6.45) is 2.35. The molecule has 0 saturated carbocycles. The van der Waals surface area contributed by atoms with Crippen molar-refractivity contribution < 1.29 is 9.59 Å². The topological polar surface area (TPSA) is 97.1 Å². The Labute approximate surface area is 157 Å². The molecule has 3 rings (SSSR count). The minimum absolute atomic E-state index is 0.374. The van der Waals surface area contributed by atoms with Gasteiger partial charge in [0.1, 0.15) is 12.2 Å². The lowest BCUT2D eigenvalue weighted by Crippen LogP contribution is -2.43. The van der Waals surface area contributed by atoms with E-state index in [0.29, 0.717) is 11.1 Å². The van der Waals surface area contributed by atoms with E-state index in [1.54, 1.807) is 30.5 Å². The zero-order valence-corrected chi connectivity index (χ0v) is 14.6. The Kier molecular flexibility index (Phi) is 5.91. The molecule has 136 valence electrons. The van der Waals surface area contributed by atoms with Crippen LogP contribution in [0.5, 0.6) is 0 Å². The van der Waals surface area contributed by atoms with Crippen LogP contribution in [0.4, 0.5) is 0 Å². The average molecular weight is 360 g/mol. The van der Waals surface area contributed by atoms with Crippen molar-refractivity contribution >= 4 is 11.8 Å². The molecular weight excluding hydrogens is 340 g/mol. The molecule has 6 nitrogen and oxygen atoms in total. The van der Waals surface area contributed by atoms with Crippen molar-refractivity contribution in [2.45, 2.75) is 12.2 Å². The van der Waals surface area contributed by atoms with Crippen LogP contribution in [0.1, 0.15) is 33.7 Å². The van der Waals surface area contributed by atoms with Crippen LogP contribution in [0.2, 0.25) is 0 Å². The molecule has 0 aliphatic heterocycles. The van der Waals surface area contributed by atoms with Gasteiger partial charge in [-0.25, -0.2) is 0 Å². The molecule has 27 heavy (non-hydrogen) atoms. The Bertz CT molecular complexity index is 886. The Morgan fingerprint density at radius 3 is 2.04 bits per heavy atom. The van der Waals surface area contributed by atoms with Gasteiger partial charge in [0.15, 0.2) is 0 Å². The van der Waals surface area contributed by atoms with Gasteiger partial charge in [-0.05, 0) is 23.3 Å². The third-order valence-electron chi connectivity index (χ3n) is 4.05. The van der Waals surface area contributed by atoms with Crippen molar-refractivity contribution in [2.24, 2.45) is 5.73 Å². The van der Waals surface area contributed by atoms with E-state index < -0.39 is 18.1 Å². The lowest BCUT2D eigenvalue weighted by molar-refractivity contribution is -0.123. The number of aromatic nitrogens is 1. The lowest BCUT2D eigenvalue weighted by Gasteiger charge is -2.22. The highest BCUT2D eigenvalue weighted by molar-refractivity contribution is 5.97. The van der Waals surface area contributed by atoms with Crippen LogP contribution in [-0.4, -0.2) is 16.8 Å². The predicted molar refractivity (Wildman–Crippen MR) is 102 cm³/mol. The molecule has 1 aromatic heterocycles. The SMILES string of the molecule is NC(NC(=O)C(NC(=O)c1cccnc1)c1ccccc1)c1ccccc1. The average Bonchev–Trinajstić information content (AvgIpc) is 2.73. The minimum atomic E-state index is -0.881. The number of amides is 2. The zero-order valence-electron chi connectivity index (χ0n) is 14.6. The largest absolute Gasteiger partial charge is 0.336 e. The second kappa shape index (κ2) is 8.73. The molecule has 2 unspecified atom stereocenters. The van der Waals surface area contributed by atoms with Gasteiger partial charge < -0.3 is 16.4 Å². The van der Waals surface area contributed by atoms with Gasteiger partial charge in [0.25, 0.3) is 5.91 Å². The van der Waals surface area contributed by atoms with Crippen LogP contribution in [0.3, 0.4) is 0 Å². The van der Waals surface area contributed by atoms with Gasteiger partial charge in [0.2, 0.25) is 5.91 Å². The fourth-order valence-corrected chi connectivity index (χ4v) is 2.64. The molecule has 2 atom stereocenters. The molecule has 6 heteroatoms. The highest BCUT2D eigenvalue weighted by atomic mass is 16.2. The normalized spacial score (nSPS) is 12.6. The predicted octanol–water partition coefficient (Wildman–Crippen LogP) is 2.33. The van der Waals surface area contributed by atoms with Crippen molar-refractivity contribution in [1.29, 1.82) is 0 Å². The van der Waals surface area contributed by atoms with Crippen LogP contribution >= 0.6 is 0 Å². The van der Waals surface area contributed by atoms with Crippen molar-refractivity contribution in [3.63, 3.8) is 0 Å². The van der Waals surface area contributed by atoms with E-state index in [2.05, 4.69) is 15.6 Å².